The number of aliphatic imine (C=N–C) groups is 1. The average molecular weight is 289 g/mol. The second-order valence-electron chi connectivity index (χ2n) is 4.21. The number of hydrogen-bond donors (Lipinski definition) is 3. The monoisotopic (exact) mass is 289 g/mol. The molecule has 0 unspecified atom stereocenters. The lowest BCUT2D eigenvalue weighted by atomic mass is 10.2. The minimum atomic E-state index is -0.135. The molecule has 3 N–H and O–H groups in total. The van der Waals surface area contributed by atoms with Gasteiger partial charge in [-0.25, -0.2) is 0 Å². The van der Waals surface area contributed by atoms with Gasteiger partial charge in [0.15, 0.2) is 11.5 Å². The van der Waals surface area contributed by atoms with Crippen molar-refractivity contribution in [3.8, 4) is 28.7 Å². The Hall–Kier alpha value is -2.89. The van der Waals surface area contributed by atoms with Crippen molar-refractivity contribution in [1.82, 2.24) is 0 Å². The highest BCUT2D eigenvalue weighted by atomic mass is 16.5. The summed E-state index contributed by atoms with van der Waals surface area (Å²) in [6, 6.07) is 7.27. The van der Waals surface area contributed by atoms with Gasteiger partial charge in [-0.3, -0.25) is 4.99 Å². The highest BCUT2D eigenvalue weighted by Gasteiger charge is 2.10. The van der Waals surface area contributed by atoms with E-state index in [-0.39, 0.29) is 28.7 Å². The van der Waals surface area contributed by atoms with E-state index in [2.05, 4.69) is 4.99 Å². The molecule has 0 spiro atoms. The summed E-state index contributed by atoms with van der Waals surface area (Å²) in [5, 5.41) is 28.7. The van der Waals surface area contributed by atoms with Gasteiger partial charge >= 0.3 is 0 Å². The molecule has 0 aromatic heterocycles. The topological polar surface area (TPSA) is 91.5 Å². The normalized spacial score (nSPS) is 10.8. The first-order chi connectivity index (χ1) is 10.0. The van der Waals surface area contributed by atoms with Crippen molar-refractivity contribution in [2.45, 2.75) is 0 Å². The van der Waals surface area contributed by atoms with Crippen LogP contribution in [0.4, 0.5) is 5.69 Å². The molecular formula is C15H15NO5. The minimum Gasteiger partial charge on any atom is -0.508 e. The van der Waals surface area contributed by atoms with Crippen LogP contribution in [0.5, 0.6) is 28.7 Å². The Bertz CT molecular complexity index is 657. The zero-order chi connectivity index (χ0) is 15.4. The van der Waals surface area contributed by atoms with Crippen molar-refractivity contribution in [2.75, 3.05) is 14.2 Å². The van der Waals surface area contributed by atoms with Crippen molar-refractivity contribution in [3.05, 3.63) is 35.9 Å². The average Bonchev–Trinajstić information content (AvgIpc) is 2.47. The maximum atomic E-state index is 9.81. The lowest BCUT2D eigenvalue weighted by Crippen LogP contribution is -1.92. The van der Waals surface area contributed by atoms with Crippen LogP contribution >= 0.6 is 0 Å². The molecule has 0 atom stereocenters. The Morgan fingerprint density at radius 1 is 0.952 bits per heavy atom. The Kier molecular flexibility index (Phi) is 4.18. The number of hydrogen-bond acceptors (Lipinski definition) is 6. The molecule has 21 heavy (non-hydrogen) atoms. The first-order valence-electron chi connectivity index (χ1n) is 6.06. The number of phenols is 3. The van der Waals surface area contributed by atoms with Crippen LogP contribution in [0.15, 0.2) is 35.3 Å². The Morgan fingerprint density at radius 3 is 2.10 bits per heavy atom. The van der Waals surface area contributed by atoms with E-state index in [1.165, 1.54) is 38.6 Å². The van der Waals surface area contributed by atoms with Crippen molar-refractivity contribution in [1.29, 1.82) is 0 Å². The van der Waals surface area contributed by atoms with Crippen LogP contribution in [0, 0.1) is 0 Å². The Morgan fingerprint density at radius 2 is 1.57 bits per heavy atom. The molecule has 0 aliphatic carbocycles. The number of methoxy groups -OCH3 is 2. The third-order valence-corrected chi connectivity index (χ3v) is 2.81. The highest BCUT2D eigenvalue weighted by Crippen LogP contribution is 2.37. The fraction of sp³-hybridized carbons (Fsp3) is 0.133. The molecule has 6 heteroatoms. The molecule has 0 saturated carbocycles. The van der Waals surface area contributed by atoms with Gasteiger partial charge in [0.1, 0.15) is 17.2 Å². The van der Waals surface area contributed by atoms with E-state index in [4.69, 9.17) is 9.47 Å². The lowest BCUT2D eigenvalue weighted by Gasteiger charge is -2.09. The quantitative estimate of drug-likeness (QED) is 0.752. The molecule has 0 aliphatic rings. The number of ether oxygens (including phenoxy) is 2. The first-order valence-corrected chi connectivity index (χ1v) is 6.06. The number of phenolic OH excluding ortho intramolecular Hbond substituents is 3. The summed E-state index contributed by atoms with van der Waals surface area (Å²) in [4.78, 5) is 4.12. The van der Waals surface area contributed by atoms with Crippen LogP contribution in [-0.2, 0) is 0 Å². The molecular weight excluding hydrogens is 274 g/mol. The molecule has 0 aliphatic heterocycles. The number of nitrogens with zero attached hydrogens (tertiary/aromatic N) is 1. The predicted molar refractivity (Wildman–Crippen MR) is 78.2 cm³/mol. The second kappa shape index (κ2) is 6.04. The molecule has 0 saturated heterocycles. The maximum Gasteiger partial charge on any atom is 0.200 e. The molecule has 0 fully saturated rings. The van der Waals surface area contributed by atoms with Crippen LogP contribution in [-0.4, -0.2) is 35.8 Å². The summed E-state index contributed by atoms with van der Waals surface area (Å²) in [6.07, 6.45) is 1.48. The van der Waals surface area contributed by atoms with Crippen LogP contribution in [0.3, 0.4) is 0 Å². The summed E-state index contributed by atoms with van der Waals surface area (Å²) < 4.78 is 10.1. The van der Waals surface area contributed by atoms with Gasteiger partial charge in [0, 0.05) is 17.8 Å². The number of benzene rings is 2. The molecule has 0 amide bonds. The third kappa shape index (κ3) is 3.17. The van der Waals surface area contributed by atoms with Crippen molar-refractivity contribution in [3.63, 3.8) is 0 Å². The number of rotatable bonds is 4. The van der Waals surface area contributed by atoms with Gasteiger partial charge in [-0.1, -0.05) is 0 Å². The maximum absolute atomic E-state index is 9.81. The SMILES string of the molecule is COc1cc(C=Nc2ccc(O)cc2O)cc(OC)c1O. The van der Waals surface area contributed by atoms with E-state index >= 15 is 0 Å². The fourth-order valence-corrected chi connectivity index (χ4v) is 1.75. The minimum absolute atomic E-state index is 0.0422. The zero-order valence-corrected chi connectivity index (χ0v) is 11.6. The summed E-state index contributed by atoms with van der Waals surface area (Å²) in [5.74, 6) is 0.240. The van der Waals surface area contributed by atoms with Gasteiger partial charge in [-0.2, -0.15) is 0 Å². The summed E-state index contributed by atoms with van der Waals surface area (Å²) in [7, 11) is 2.86. The van der Waals surface area contributed by atoms with E-state index in [1.54, 1.807) is 12.1 Å². The van der Waals surface area contributed by atoms with E-state index < -0.39 is 0 Å². The van der Waals surface area contributed by atoms with E-state index in [1.807, 2.05) is 0 Å². The van der Waals surface area contributed by atoms with Gasteiger partial charge in [-0.05, 0) is 24.3 Å². The van der Waals surface area contributed by atoms with Crippen LogP contribution < -0.4 is 9.47 Å². The molecule has 2 rings (SSSR count). The smallest absolute Gasteiger partial charge is 0.200 e. The highest BCUT2D eigenvalue weighted by molar-refractivity contribution is 5.85. The van der Waals surface area contributed by atoms with Gasteiger partial charge in [0.05, 0.1) is 14.2 Å². The predicted octanol–water partition coefficient (Wildman–Crippen LogP) is 2.57. The van der Waals surface area contributed by atoms with E-state index in [9.17, 15) is 15.3 Å². The van der Waals surface area contributed by atoms with Crippen molar-refractivity contribution in [2.24, 2.45) is 4.99 Å². The summed E-state index contributed by atoms with van der Waals surface area (Å²) in [5.41, 5.74) is 0.924. The molecule has 6 nitrogen and oxygen atoms in total. The molecule has 2 aromatic rings. The van der Waals surface area contributed by atoms with Gasteiger partial charge in [0.2, 0.25) is 5.75 Å². The van der Waals surface area contributed by atoms with Crippen LogP contribution in [0.2, 0.25) is 0 Å². The summed E-state index contributed by atoms with van der Waals surface area (Å²) >= 11 is 0. The Labute approximate surface area is 121 Å². The fourth-order valence-electron chi connectivity index (χ4n) is 1.75. The molecule has 0 heterocycles. The largest absolute Gasteiger partial charge is 0.508 e. The van der Waals surface area contributed by atoms with Crippen molar-refractivity contribution < 1.29 is 24.8 Å². The molecule has 2 aromatic carbocycles. The zero-order valence-electron chi connectivity index (χ0n) is 11.6. The van der Waals surface area contributed by atoms with Gasteiger partial charge in [-0.15, -0.1) is 0 Å². The molecule has 0 bridgehead atoms. The standard InChI is InChI=1S/C15H15NO5/c1-20-13-5-9(6-14(21-2)15(13)19)8-16-11-4-3-10(17)7-12(11)18/h3-8,17-19H,1-2H3. The number of aromatic hydroxyl groups is 3. The Balaban J connectivity index is 2.36. The van der Waals surface area contributed by atoms with Crippen LogP contribution in [0.25, 0.3) is 0 Å². The molecule has 0 radical (unpaired) electrons. The van der Waals surface area contributed by atoms with Crippen molar-refractivity contribution >= 4 is 11.9 Å². The molecule has 110 valence electrons. The summed E-state index contributed by atoms with van der Waals surface area (Å²) in [6.45, 7) is 0. The van der Waals surface area contributed by atoms with E-state index in [0.29, 0.717) is 11.3 Å². The third-order valence-electron chi connectivity index (χ3n) is 2.81. The lowest BCUT2D eigenvalue weighted by molar-refractivity contribution is 0.340. The van der Waals surface area contributed by atoms with Gasteiger partial charge < -0.3 is 24.8 Å². The second-order valence-corrected chi connectivity index (χ2v) is 4.21. The van der Waals surface area contributed by atoms with E-state index in [0.717, 1.165) is 0 Å². The van der Waals surface area contributed by atoms with Gasteiger partial charge in [0.25, 0.3) is 0 Å². The first kappa shape index (κ1) is 14.5. The van der Waals surface area contributed by atoms with Crippen LogP contribution in [0.1, 0.15) is 5.56 Å².